The normalized spacial score (nSPS) is 11.5. The molecule has 0 aliphatic heterocycles. The van der Waals surface area contributed by atoms with Crippen LogP contribution in [0.2, 0.25) is 0 Å². The summed E-state index contributed by atoms with van der Waals surface area (Å²) in [5.74, 6) is 2.11. The van der Waals surface area contributed by atoms with Crippen molar-refractivity contribution in [3.05, 3.63) is 89.5 Å². The highest BCUT2D eigenvalue weighted by Crippen LogP contribution is 2.40. The highest BCUT2D eigenvalue weighted by atomic mass is 16.5. The highest BCUT2D eigenvalue weighted by Gasteiger charge is 2.31. The maximum Gasteiger partial charge on any atom is 0.119 e. The third kappa shape index (κ3) is 9.64. The van der Waals surface area contributed by atoms with Crippen LogP contribution in [0.1, 0.15) is 115 Å². The summed E-state index contributed by atoms with van der Waals surface area (Å²) in [6.45, 7) is 8.28. The number of hydrogen-bond donors (Lipinski definition) is 1. The third-order valence-corrected chi connectivity index (χ3v) is 7.84. The fourth-order valence-electron chi connectivity index (χ4n) is 5.21. The van der Waals surface area contributed by atoms with Crippen molar-refractivity contribution in [2.24, 2.45) is 0 Å². The summed E-state index contributed by atoms with van der Waals surface area (Å²) in [7, 11) is 0. The van der Waals surface area contributed by atoms with Crippen LogP contribution < -0.4 is 9.47 Å². The number of phenols is 1. The minimum absolute atomic E-state index is 0.276. The van der Waals surface area contributed by atoms with Gasteiger partial charge in [0.05, 0.1) is 13.2 Å². The van der Waals surface area contributed by atoms with Crippen molar-refractivity contribution in [3.63, 3.8) is 0 Å². The second-order valence-corrected chi connectivity index (χ2v) is 11.0. The fraction of sp³-hybridized carbons (Fsp3) is 0.500. The van der Waals surface area contributed by atoms with Crippen LogP contribution in [-0.4, -0.2) is 18.3 Å². The van der Waals surface area contributed by atoms with Gasteiger partial charge in [0.2, 0.25) is 0 Å². The van der Waals surface area contributed by atoms with Gasteiger partial charge in [0.1, 0.15) is 17.2 Å². The molecular formula is C36H50O3. The molecule has 0 radical (unpaired) electrons. The van der Waals surface area contributed by atoms with E-state index in [9.17, 15) is 5.11 Å². The molecule has 0 aliphatic rings. The smallest absolute Gasteiger partial charge is 0.119 e. The molecule has 0 bridgehead atoms. The molecule has 0 aliphatic carbocycles. The zero-order valence-electron chi connectivity index (χ0n) is 24.6. The summed E-state index contributed by atoms with van der Waals surface area (Å²) < 4.78 is 12.1. The number of hydrogen-bond acceptors (Lipinski definition) is 3. The summed E-state index contributed by atoms with van der Waals surface area (Å²) in [5.41, 5.74) is 3.10. The molecule has 0 aromatic heterocycles. The van der Waals surface area contributed by atoms with E-state index in [-0.39, 0.29) is 11.2 Å². The van der Waals surface area contributed by atoms with E-state index in [0.29, 0.717) is 0 Å². The van der Waals surface area contributed by atoms with Crippen LogP contribution >= 0.6 is 0 Å². The summed E-state index contributed by atoms with van der Waals surface area (Å²) in [4.78, 5) is 0. The standard InChI is InChI=1S/C36H50O3/c1-4-6-8-10-12-14-28-38-34-24-18-31(19-25-34)36(3,30-16-22-33(37)23-17-30)32-20-26-35(27-21-32)39-29-15-13-11-9-7-5-2/h16-27,37H,4-15,28-29H2,1-3H3. The topological polar surface area (TPSA) is 38.7 Å². The average molecular weight is 531 g/mol. The lowest BCUT2D eigenvalue weighted by Gasteiger charge is -2.32. The maximum absolute atomic E-state index is 9.93. The molecule has 3 aromatic rings. The lowest BCUT2D eigenvalue weighted by Crippen LogP contribution is -2.25. The van der Waals surface area contributed by atoms with Crippen molar-refractivity contribution < 1.29 is 14.6 Å². The Kier molecular flexibility index (Phi) is 13.3. The monoisotopic (exact) mass is 530 g/mol. The number of unbranched alkanes of at least 4 members (excludes halogenated alkanes) is 10. The molecule has 39 heavy (non-hydrogen) atoms. The number of benzene rings is 3. The van der Waals surface area contributed by atoms with Gasteiger partial charge in [0, 0.05) is 5.41 Å². The molecule has 3 nitrogen and oxygen atoms in total. The van der Waals surface area contributed by atoms with Crippen LogP contribution in [0.15, 0.2) is 72.8 Å². The molecule has 3 aromatic carbocycles. The largest absolute Gasteiger partial charge is 0.508 e. The Morgan fingerprint density at radius 2 is 0.821 bits per heavy atom. The van der Waals surface area contributed by atoms with Crippen molar-refractivity contribution in [1.82, 2.24) is 0 Å². The minimum Gasteiger partial charge on any atom is -0.508 e. The van der Waals surface area contributed by atoms with E-state index in [4.69, 9.17) is 9.47 Å². The summed E-state index contributed by atoms with van der Waals surface area (Å²) in [6.07, 6.45) is 15.1. The molecule has 3 heteroatoms. The Morgan fingerprint density at radius 3 is 1.21 bits per heavy atom. The zero-order chi connectivity index (χ0) is 27.8. The predicted molar refractivity (Wildman–Crippen MR) is 164 cm³/mol. The molecule has 0 heterocycles. The van der Waals surface area contributed by atoms with Crippen molar-refractivity contribution in [3.8, 4) is 17.2 Å². The zero-order valence-corrected chi connectivity index (χ0v) is 24.6. The van der Waals surface area contributed by atoms with Gasteiger partial charge < -0.3 is 14.6 Å². The Labute approximate surface area is 237 Å². The SMILES string of the molecule is CCCCCCCCOc1ccc(C(C)(c2ccc(O)cc2)c2ccc(OCCCCCCCC)cc2)cc1. The van der Waals surface area contributed by atoms with Crippen LogP contribution in [0, 0.1) is 0 Å². The van der Waals surface area contributed by atoms with Gasteiger partial charge in [-0.3, -0.25) is 0 Å². The minimum atomic E-state index is -0.386. The van der Waals surface area contributed by atoms with Crippen LogP contribution in [0.25, 0.3) is 0 Å². The molecule has 0 atom stereocenters. The van der Waals surface area contributed by atoms with Gasteiger partial charge >= 0.3 is 0 Å². The molecule has 212 valence electrons. The van der Waals surface area contributed by atoms with Gasteiger partial charge in [-0.05, 0) is 72.9 Å². The van der Waals surface area contributed by atoms with Crippen LogP contribution in [0.5, 0.6) is 17.2 Å². The quantitative estimate of drug-likeness (QED) is 0.124. The number of aromatic hydroxyl groups is 1. The Hall–Kier alpha value is -2.94. The lowest BCUT2D eigenvalue weighted by atomic mass is 9.71. The van der Waals surface area contributed by atoms with E-state index < -0.39 is 0 Å². The van der Waals surface area contributed by atoms with Crippen molar-refractivity contribution in [1.29, 1.82) is 0 Å². The van der Waals surface area contributed by atoms with E-state index >= 15 is 0 Å². The van der Waals surface area contributed by atoms with Gasteiger partial charge in [0.25, 0.3) is 0 Å². The van der Waals surface area contributed by atoms with Crippen LogP contribution in [0.4, 0.5) is 0 Å². The fourth-order valence-corrected chi connectivity index (χ4v) is 5.21. The molecular weight excluding hydrogens is 480 g/mol. The maximum atomic E-state index is 9.93. The Balaban J connectivity index is 1.66. The Bertz CT molecular complexity index is 977. The molecule has 0 spiro atoms. The first kappa shape index (κ1) is 30.6. The van der Waals surface area contributed by atoms with Gasteiger partial charge in [-0.25, -0.2) is 0 Å². The van der Waals surface area contributed by atoms with Gasteiger partial charge in [-0.2, -0.15) is 0 Å². The predicted octanol–water partition coefficient (Wildman–Crippen LogP) is 10.2. The molecule has 1 N–H and O–H groups in total. The Morgan fingerprint density at radius 1 is 0.487 bits per heavy atom. The molecule has 0 fully saturated rings. The van der Waals surface area contributed by atoms with Crippen molar-refractivity contribution in [2.75, 3.05) is 13.2 Å². The number of rotatable bonds is 19. The summed E-state index contributed by atoms with van der Waals surface area (Å²) in [5, 5.41) is 9.93. The second-order valence-electron chi connectivity index (χ2n) is 11.0. The van der Waals surface area contributed by atoms with Crippen LogP contribution in [-0.2, 0) is 5.41 Å². The second kappa shape index (κ2) is 16.9. The van der Waals surface area contributed by atoms with Gasteiger partial charge in [-0.15, -0.1) is 0 Å². The third-order valence-electron chi connectivity index (χ3n) is 7.84. The van der Waals surface area contributed by atoms with Crippen molar-refractivity contribution >= 4 is 0 Å². The van der Waals surface area contributed by atoms with E-state index in [0.717, 1.165) is 43.1 Å². The van der Waals surface area contributed by atoms with E-state index in [1.54, 1.807) is 12.1 Å². The van der Waals surface area contributed by atoms with Crippen LogP contribution in [0.3, 0.4) is 0 Å². The summed E-state index contributed by atoms with van der Waals surface area (Å²) >= 11 is 0. The molecule has 0 saturated heterocycles. The molecule has 3 rings (SSSR count). The first-order chi connectivity index (χ1) is 19.1. The van der Waals surface area contributed by atoms with Gasteiger partial charge in [0.15, 0.2) is 0 Å². The lowest BCUT2D eigenvalue weighted by molar-refractivity contribution is 0.304. The van der Waals surface area contributed by atoms with Crippen molar-refractivity contribution in [2.45, 2.75) is 103 Å². The first-order valence-corrected chi connectivity index (χ1v) is 15.3. The average Bonchev–Trinajstić information content (AvgIpc) is 2.97. The molecule has 0 amide bonds. The number of phenolic OH excluding ortho intramolecular Hbond substituents is 1. The van der Waals surface area contributed by atoms with Gasteiger partial charge in [-0.1, -0.05) is 114 Å². The number of ether oxygens (including phenoxy) is 2. The molecule has 0 unspecified atom stereocenters. The van der Waals surface area contributed by atoms with E-state index in [2.05, 4.69) is 69.3 Å². The highest BCUT2D eigenvalue weighted by molar-refractivity contribution is 5.52. The molecule has 0 saturated carbocycles. The first-order valence-electron chi connectivity index (χ1n) is 15.3. The van der Waals surface area contributed by atoms with E-state index in [1.165, 1.54) is 75.3 Å². The van der Waals surface area contributed by atoms with E-state index in [1.807, 2.05) is 12.1 Å². The summed E-state index contributed by atoms with van der Waals surface area (Å²) in [6, 6.07) is 24.6.